The summed E-state index contributed by atoms with van der Waals surface area (Å²) >= 11 is 1.72. The van der Waals surface area contributed by atoms with Gasteiger partial charge < -0.3 is 14.4 Å². The summed E-state index contributed by atoms with van der Waals surface area (Å²) in [6, 6.07) is 13.2. The van der Waals surface area contributed by atoms with Crippen molar-refractivity contribution >= 4 is 28.8 Å². The molecule has 1 fully saturated rings. The highest BCUT2D eigenvalue weighted by molar-refractivity contribution is 7.07. The maximum absolute atomic E-state index is 13.4. The fraction of sp³-hybridized carbons (Fsp3) is 0.308. The van der Waals surface area contributed by atoms with E-state index in [-0.39, 0.29) is 18.4 Å². The molecule has 2 aliphatic heterocycles. The van der Waals surface area contributed by atoms with E-state index >= 15 is 0 Å². The molecule has 0 saturated carbocycles. The molecule has 2 amide bonds. The zero-order chi connectivity index (χ0) is 23.7. The minimum absolute atomic E-state index is 0.181. The molecule has 0 unspecified atom stereocenters. The number of benzene rings is 2. The Hall–Kier alpha value is -3.36. The number of hydrogen-bond acceptors (Lipinski definition) is 7. The second kappa shape index (κ2) is 9.48. The van der Waals surface area contributed by atoms with E-state index in [1.807, 2.05) is 18.2 Å². The first-order valence-corrected chi connectivity index (χ1v) is 12.2. The van der Waals surface area contributed by atoms with E-state index in [2.05, 4.69) is 26.6 Å². The van der Waals surface area contributed by atoms with Crippen LogP contribution >= 0.6 is 11.3 Å². The van der Waals surface area contributed by atoms with Crippen molar-refractivity contribution in [3.8, 4) is 11.5 Å². The van der Waals surface area contributed by atoms with Gasteiger partial charge in [0.25, 0.3) is 11.8 Å². The van der Waals surface area contributed by atoms with Gasteiger partial charge in [-0.1, -0.05) is 12.1 Å². The van der Waals surface area contributed by atoms with E-state index in [1.54, 1.807) is 43.8 Å². The molecule has 176 valence electrons. The van der Waals surface area contributed by atoms with Crippen molar-refractivity contribution in [3.05, 3.63) is 75.5 Å². The number of fused-ring (bicyclic) bond motifs is 1. The molecule has 34 heavy (non-hydrogen) atoms. The fourth-order valence-corrected chi connectivity index (χ4v) is 5.33. The van der Waals surface area contributed by atoms with Crippen LogP contribution in [0, 0.1) is 0 Å². The molecular formula is C26H27N3O4S. The molecule has 8 heteroatoms. The lowest BCUT2D eigenvalue weighted by Crippen LogP contribution is -2.46. The number of carbonyl (C=O) groups excluding carboxylic acids is 2. The molecule has 2 aliphatic rings. The third-order valence-electron chi connectivity index (χ3n) is 6.46. The predicted molar refractivity (Wildman–Crippen MR) is 132 cm³/mol. The van der Waals surface area contributed by atoms with Crippen molar-refractivity contribution in [2.75, 3.05) is 45.3 Å². The number of nitrogens with zero attached hydrogens (tertiary/aromatic N) is 3. The summed E-state index contributed by atoms with van der Waals surface area (Å²) in [6.07, 6.45) is 0. The Bertz CT molecular complexity index is 1200. The average molecular weight is 478 g/mol. The number of thiophene rings is 1. The Morgan fingerprint density at radius 1 is 0.853 bits per heavy atom. The van der Waals surface area contributed by atoms with Crippen LogP contribution in [0.1, 0.15) is 31.8 Å². The van der Waals surface area contributed by atoms with Crippen LogP contribution < -0.4 is 14.4 Å². The highest BCUT2D eigenvalue weighted by Crippen LogP contribution is 2.34. The van der Waals surface area contributed by atoms with Gasteiger partial charge in [-0.05, 0) is 52.2 Å². The molecule has 0 N–H and O–H groups in total. The van der Waals surface area contributed by atoms with Gasteiger partial charge in [-0.15, -0.1) is 0 Å². The molecule has 0 atom stereocenters. The standard InChI is InChI=1S/C26H27N3O4S/c1-32-22-7-6-18(14-23(22)33-2)16-29-25(30)20-4-3-5-21(24(20)26(29)31)28-11-9-27(10-12-28)15-19-8-13-34-17-19/h3-8,13-14,17H,9-12,15-16H2,1-2H3. The normalized spacial score (nSPS) is 16.2. The third-order valence-corrected chi connectivity index (χ3v) is 7.20. The van der Waals surface area contributed by atoms with Crippen molar-refractivity contribution in [2.24, 2.45) is 0 Å². The lowest BCUT2D eigenvalue weighted by atomic mass is 10.1. The van der Waals surface area contributed by atoms with Gasteiger partial charge in [0.15, 0.2) is 11.5 Å². The van der Waals surface area contributed by atoms with Gasteiger partial charge in [0.1, 0.15) is 0 Å². The van der Waals surface area contributed by atoms with Crippen molar-refractivity contribution in [1.82, 2.24) is 9.80 Å². The SMILES string of the molecule is COc1ccc(CN2C(=O)c3cccc(N4CCN(Cc5ccsc5)CC4)c3C2=O)cc1OC. The highest BCUT2D eigenvalue weighted by Gasteiger charge is 2.38. The maximum atomic E-state index is 13.4. The number of imide groups is 1. The van der Waals surface area contributed by atoms with Crippen molar-refractivity contribution in [1.29, 1.82) is 0 Å². The van der Waals surface area contributed by atoms with Gasteiger partial charge in [0.05, 0.1) is 37.6 Å². The van der Waals surface area contributed by atoms with Crippen LogP contribution in [-0.2, 0) is 13.1 Å². The molecule has 0 aliphatic carbocycles. The fourth-order valence-electron chi connectivity index (χ4n) is 4.67. The van der Waals surface area contributed by atoms with Crippen LogP contribution in [0.25, 0.3) is 0 Å². The molecule has 0 bridgehead atoms. The van der Waals surface area contributed by atoms with Gasteiger partial charge in [-0.3, -0.25) is 19.4 Å². The first kappa shape index (κ1) is 22.4. The van der Waals surface area contributed by atoms with Crippen LogP contribution in [0.3, 0.4) is 0 Å². The number of carbonyl (C=O) groups is 2. The number of anilines is 1. The number of ether oxygens (including phenoxy) is 2. The average Bonchev–Trinajstić information content (AvgIpc) is 3.47. The summed E-state index contributed by atoms with van der Waals surface area (Å²) in [5.74, 6) is 0.672. The number of rotatable bonds is 7. The molecule has 0 spiro atoms. The summed E-state index contributed by atoms with van der Waals surface area (Å²) in [5, 5.41) is 4.29. The minimum Gasteiger partial charge on any atom is -0.493 e. The summed E-state index contributed by atoms with van der Waals surface area (Å²) in [4.78, 5) is 32.6. The van der Waals surface area contributed by atoms with Crippen molar-refractivity contribution < 1.29 is 19.1 Å². The zero-order valence-electron chi connectivity index (χ0n) is 19.3. The minimum atomic E-state index is -0.257. The summed E-state index contributed by atoms with van der Waals surface area (Å²) in [6.45, 7) is 4.59. The van der Waals surface area contributed by atoms with E-state index in [9.17, 15) is 9.59 Å². The van der Waals surface area contributed by atoms with Crippen molar-refractivity contribution in [2.45, 2.75) is 13.1 Å². The molecule has 7 nitrogen and oxygen atoms in total. The molecule has 3 aromatic rings. The largest absolute Gasteiger partial charge is 0.493 e. The van der Waals surface area contributed by atoms with Crippen LogP contribution in [0.2, 0.25) is 0 Å². The smallest absolute Gasteiger partial charge is 0.263 e. The van der Waals surface area contributed by atoms with Gasteiger partial charge in [0.2, 0.25) is 0 Å². The Morgan fingerprint density at radius 3 is 2.35 bits per heavy atom. The Morgan fingerprint density at radius 2 is 1.65 bits per heavy atom. The van der Waals surface area contributed by atoms with Gasteiger partial charge in [-0.25, -0.2) is 0 Å². The first-order chi connectivity index (χ1) is 16.6. The van der Waals surface area contributed by atoms with Gasteiger partial charge in [0, 0.05) is 32.7 Å². The molecule has 2 aromatic carbocycles. The summed E-state index contributed by atoms with van der Waals surface area (Å²) < 4.78 is 10.7. The zero-order valence-corrected chi connectivity index (χ0v) is 20.1. The number of hydrogen-bond donors (Lipinski definition) is 0. The Balaban J connectivity index is 1.33. The van der Waals surface area contributed by atoms with Gasteiger partial charge >= 0.3 is 0 Å². The van der Waals surface area contributed by atoms with E-state index in [1.165, 1.54) is 10.5 Å². The highest BCUT2D eigenvalue weighted by atomic mass is 32.1. The maximum Gasteiger partial charge on any atom is 0.263 e. The molecule has 5 rings (SSSR count). The van der Waals surface area contributed by atoms with E-state index in [0.717, 1.165) is 44.0 Å². The molecular weight excluding hydrogens is 450 g/mol. The van der Waals surface area contributed by atoms with Crippen LogP contribution in [0.15, 0.2) is 53.2 Å². The summed E-state index contributed by atoms with van der Waals surface area (Å²) in [7, 11) is 3.14. The van der Waals surface area contributed by atoms with Gasteiger partial charge in [-0.2, -0.15) is 11.3 Å². The third kappa shape index (κ3) is 4.15. The second-order valence-corrected chi connectivity index (χ2v) is 9.26. The molecule has 1 aromatic heterocycles. The lowest BCUT2D eigenvalue weighted by molar-refractivity contribution is 0.0642. The van der Waals surface area contributed by atoms with Crippen LogP contribution in [0.5, 0.6) is 11.5 Å². The topological polar surface area (TPSA) is 62.3 Å². The second-order valence-electron chi connectivity index (χ2n) is 8.48. The predicted octanol–water partition coefficient (Wildman–Crippen LogP) is 3.88. The number of methoxy groups -OCH3 is 2. The van der Waals surface area contributed by atoms with Crippen LogP contribution in [-0.4, -0.2) is 62.0 Å². The Kier molecular flexibility index (Phi) is 6.26. The number of amides is 2. The molecule has 3 heterocycles. The van der Waals surface area contributed by atoms with E-state index in [4.69, 9.17) is 9.47 Å². The Labute approximate surface area is 203 Å². The lowest BCUT2D eigenvalue weighted by Gasteiger charge is -2.36. The quantitative estimate of drug-likeness (QED) is 0.482. The first-order valence-electron chi connectivity index (χ1n) is 11.3. The summed E-state index contributed by atoms with van der Waals surface area (Å²) in [5.41, 5.74) is 3.98. The van der Waals surface area contributed by atoms with Crippen LogP contribution in [0.4, 0.5) is 5.69 Å². The number of piperazine rings is 1. The van der Waals surface area contributed by atoms with E-state index in [0.29, 0.717) is 22.6 Å². The molecule has 1 saturated heterocycles. The van der Waals surface area contributed by atoms with Crippen molar-refractivity contribution in [3.63, 3.8) is 0 Å². The monoisotopic (exact) mass is 477 g/mol. The molecule has 0 radical (unpaired) electrons. The van der Waals surface area contributed by atoms with E-state index < -0.39 is 0 Å².